The maximum atomic E-state index is 3.12. The van der Waals surface area contributed by atoms with Crippen LogP contribution in [0.1, 0.15) is 0 Å². The summed E-state index contributed by atoms with van der Waals surface area (Å²) in [4.78, 5) is 3.12. The molecular formula is C2H10NSi-. The quantitative estimate of drug-likeness (QED) is 0.398. The first-order valence-electron chi connectivity index (χ1n) is 2.00. The molecule has 0 saturated carbocycles. The Bertz CT molecular complexity index is 8.00. The van der Waals surface area contributed by atoms with Gasteiger partial charge in [-0.3, -0.25) is 0 Å². The summed E-state index contributed by atoms with van der Waals surface area (Å²) < 4.78 is 0. The van der Waals surface area contributed by atoms with Gasteiger partial charge in [0.15, 0.2) is 0 Å². The Labute approximate surface area is 29.3 Å². The van der Waals surface area contributed by atoms with Gasteiger partial charge in [-0.25, -0.2) is 0 Å². The van der Waals surface area contributed by atoms with Crippen molar-refractivity contribution in [2.75, 3.05) is 7.05 Å². The number of nitrogens with one attached hydrogen (secondary N) is 1. The van der Waals surface area contributed by atoms with Crippen LogP contribution in [0.3, 0.4) is 0 Å². The monoisotopic (exact) mass is 76.1 g/mol. The summed E-state index contributed by atoms with van der Waals surface area (Å²) in [7, 11) is 1.83. The molecule has 0 aromatic rings. The molecule has 0 radical (unpaired) electrons. The molecule has 0 bridgehead atoms. The fourth-order valence-corrected chi connectivity index (χ4v) is 0. The summed E-state index contributed by atoms with van der Waals surface area (Å²) in [5.74, 6) is 0. The van der Waals surface area contributed by atoms with Crippen LogP contribution >= 0.6 is 0 Å². The van der Waals surface area contributed by atoms with Crippen LogP contribution < -0.4 is 4.98 Å². The molecule has 0 heterocycles. The van der Waals surface area contributed by atoms with Crippen molar-refractivity contribution in [3.05, 3.63) is 0 Å². The van der Waals surface area contributed by atoms with E-state index in [1.165, 1.54) is 0 Å². The first-order valence-corrected chi connectivity index (χ1v) is 5.00. The molecule has 1 nitrogen and oxygen atoms in total. The fourth-order valence-electron chi connectivity index (χ4n) is 0. The number of rotatable bonds is 1. The second-order valence-electron chi connectivity index (χ2n) is 1.00. The molecule has 0 unspecified atom stereocenters. The van der Waals surface area contributed by atoms with E-state index in [1.807, 2.05) is 7.05 Å². The van der Waals surface area contributed by atoms with Gasteiger partial charge in [0.2, 0.25) is 0 Å². The molecule has 4 heavy (non-hydrogen) atoms. The molecule has 0 aromatic heterocycles. The number of hydrogen-bond donors (Lipinski definition) is 1. The van der Waals surface area contributed by atoms with Gasteiger partial charge in [0, 0.05) is 0 Å². The molecule has 2 heteroatoms. The van der Waals surface area contributed by atoms with Crippen LogP contribution in [0.2, 0.25) is 6.55 Å². The molecule has 0 aromatic carbocycles. The molecule has 1 N–H and O–H groups in total. The summed E-state index contributed by atoms with van der Waals surface area (Å²) in [6.45, 7) is 2.26. The third-order valence-corrected chi connectivity index (χ3v) is 1.50. The molecule has 0 fully saturated rings. The zero-order chi connectivity index (χ0) is 3.41. The van der Waals surface area contributed by atoms with Crippen molar-refractivity contribution in [1.29, 1.82) is 0 Å². The van der Waals surface area contributed by atoms with Crippen molar-refractivity contribution < 1.29 is 0 Å². The van der Waals surface area contributed by atoms with Crippen LogP contribution in [0.5, 0.6) is 0 Å². The Kier molecular flexibility index (Phi) is 3.32. The van der Waals surface area contributed by atoms with Crippen molar-refractivity contribution in [3.8, 4) is 0 Å². The third-order valence-electron chi connectivity index (χ3n) is 0.500. The second-order valence-corrected chi connectivity index (χ2v) is 3.00. The van der Waals surface area contributed by atoms with Crippen LogP contribution in [-0.2, 0) is 0 Å². The summed E-state index contributed by atoms with van der Waals surface area (Å²) >= 11 is 0. The van der Waals surface area contributed by atoms with E-state index in [0.717, 1.165) is 0 Å². The van der Waals surface area contributed by atoms with Crippen molar-refractivity contribution in [2.45, 2.75) is 6.55 Å². The molecule has 0 aliphatic heterocycles. The maximum absolute atomic E-state index is 3.12. The van der Waals surface area contributed by atoms with Crippen LogP contribution in [-0.4, -0.2) is 16.7 Å². The molecule has 0 atom stereocenters. The van der Waals surface area contributed by atoms with Crippen LogP contribution in [0.4, 0.5) is 0 Å². The molecule has 0 rings (SSSR count). The standard InChI is InChI=1S/C2H10NSi/c1-3-4-2/h3H,1-2,4H3/q-1. The van der Waals surface area contributed by atoms with Crippen LogP contribution in [0, 0.1) is 0 Å². The van der Waals surface area contributed by atoms with E-state index in [4.69, 9.17) is 0 Å². The van der Waals surface area contributed by atoms with Gasteiger partial charge in [0.05, 0.1) is 0 Å². The number of hydrogen-bond acceptors (Lipinski definition) is 1. The SMILES string of the molecule is CN[SiH3-]C. The molecular weight excluding hydrogens is 66.1 g/mol. The summed E-state index contributed by atoms with van der Waals surface area (Å²) in [6.07, 6.45) is 0. The Balaban J connectivity index is 1.97. The van der Waals surface area contributed by atoms with Gasteiger partial charge >= 0.3 is 28.3 Å². The molecule has 0 amide bonds. The molecule has 0 spiro atoms. The van der Waals surface area contributed by atoms with Crippen LogP contribution in [0.25, 0.3) is 0 Å². The van der Waals surface area contributed by atoms with Gasteiger partial charge in [-0.2, -0.15) is 0 Å². The van der Waals surface area contributed by atoms with Crippen LogP contribution in [0.15, 0.2) is 0 Å². The van der Waals surface area contributed by atoms with Gasteiger partial charge in [0.25, 0.3) is 0 Å². The molecule has 0 saturated heterocycles. The van der Waals surface area contributed by atoms with Gasteiger partial charge in [-0.05, 0) is 0 Å². The first-order chi connectivity index (χ1) is 1.91. The molecule has 0 aliphatic carbocycles. The van der Waals surface area contributed by atoms with Gasteiger partial charge in [0.1, 0.15) is 0 Å². The van der Waals surface area contributed by atoms with Gasteiger partial charge in [-0.15, -0.1) is 0 Å². The topological polar surface area (TPSA) is 12.0 Å². The van der Waals surface area contributed by atoms with Crippen molar-refractivity contribution in [2.24, 2.45) is 0 Å². The minimum absolute atomic E-state index is 0.184. The Hall–Kier alpha value is 0.177. The Morgan fingerprint density at radius 3 is 2.00 bits per heavy atom. The predicted molar refractivity (Wildman–Crippen MR) is 24.9 cm³/mol. The normalized spacial score (nSPS) is 8.50. The van der Waals surface area contributed by atoms with Crippen molar-refractivity contribution in [3.63, 3.8) is 0 Å². The summed E-state index contributed by atoms with van der Waals surface area (Å²) in [5.41, 5.74) is 0. The van der Waals surface area contributed by atoms with E-state index in [9.17, 15) is 0 Å². The average molecular weight is 76.2 g/mol. The van der Waals surface area contributed by atoms with E-state index in [1.54, 1.807) is 0 Å². The molecule has 28 valence electrons. The van der Waals surface area contributed by atoms with Crippen molar-refractivity contribution in [1.82, 2.24) is 4.98 Å². The predicted octanol–water partition coefficient (Wildman–Crippen LogP) is -0.930. The average Bonchev–Trinajstić information content (AvgIpc) is 1.37. The Morgan fingerprint density at radius 1 is 1.75 bits per heavy atom. The van der Waals surface area contributed by atoms with E-state index in [-0.39, 0.29) is 9.68 Å². The molecule has 0 aliphatic rings. The zero-order valence-corrected chi connectivity index (χ0v) is 5.50. The van der Waals surface area contributed by atoms with E-state index in [2.05, 4.69) is 11.5 Å². The fraction of sp³-hybridized carbons (Fsp3) is 1.00. The first kappa shape index (κ1) is 4.18. The van der Waals surface area contributed by atoms with E-state index in [0.29, 0.717) is 0 Å². The zero-order valence-electron chi connectivity index (χ0n) is 3.50. The third kappa shape index (κ3) is 2.18. The second kappa shape index (κ2) is 3.18. The Morgan fingerprint density at radius 2 is 2.00 bits per heavy atom. The minimum atomic E-state index is -0.184. The van der Waals surface area contributed by atoms with Crippen molar-refractivity contribution >= 4 is 9.68 Å². The van der Waals surface area contributed by atoms with Gasteiger partial charge in [-0.1, -0.05) is 0 Å². The summed E-state index contributed by atoms with van der Waals surface area (Å²) in [5, 5.41) is 0. The van der Waals surface area contributed by atoms with E-state index < -0.39 is 0 Å². The van der Waals surface area contributed by atoms with Gasteiger partial charge < -0.3 is 0 Å². The summed E-state index contributed by atoms with van der Waals surface area (Å²) in [6, 6.07) is 0. The van der Waals surface area contributed by atoms with E-state index >= 15 is 0 Å².